The van der Waals surface area contributed by atoms with Crippen molar-refractivity contribution in [1.29, 1.82) is 0 Å². The van der Waals surface area contributed by atoms with Crippen molar-refractivity contribution in [2.45, 2.75) is 19.8 Å². The summed E-state index contributed by atoms with van der Waals surface area (Å²) < 4.78 is 0. The summed E-state index contributed by atoms with van der Waals surface area (Å²) in [7, 11) is 0. The minimum atomic E-state index is -0.0996. The molecule has 1 aliphatic carbocycles. The maximum absolute atomic E-state index is 12.1. The number of aromatic nitrogens is 2. The highest BCUT2D eigenvalue weighted by Crippen LogP contribution is 2.44. The van der Waals surface area contributed by atoms with E-state index in [2.05, 4.69) is 17.1 Å². The fourth-order valence-electron chi connectivity index (χ4n) is 2.90. The zero-order valence-electron chi connectivity index (χ0n) is 9.01. The lowest BCUT2D eigenvalue weighted by molar-refractivity contribution is -0.123. The number of amides is 2. The Morgan fingerprint density at radius 3 is 2.44 bits per heavy atom. The van der Waals surface area contributed by atoms with Gasteiger partial charge in [0, 0.05) is 6.20 Å². The van der Waals surface area contributed by atoms with E-state index in [1.165, 1.54) is 11.1 Å². The fourth-order valence-corrected chi connectivity index (χ4v) is 2.90. The molecule has 1 aromatic heterocycles. The molecule has 1 N–H and O–H groups in total. The number of imide groups is 1. The number of H-pyrrole nitrogens is 1. The summed E-state index contributed by atoms with van der Waals surface area (Å²) in [6.45, 7) is 2.10. The van der Waals surface area contributed by atoms with Gasteiger partial charge in [0.1, 0.15) is 0 Å². The lowest BCUT2D eigenvalue weighted by atomic mass is 10.00. The summed E-state index contributed by atoms with van der Waals surface area (Å²) in [4.78, 5) is 25.5. The van der Waals surface area contributed by atoms with Crippen LogP contribution in [0.1, 0.15) is 19.8 Å². The Kier molecular flexibility index (Phi) is 1.89. The second kappa shape index (κ2) is 3.17. The standard InChI is InChI=1S/C11H13N3O2/c1-6-2-8-9(3-6)11(16)14(10(8)15)7-4-12-13-5-7/h4-6,8-9H,2-3H2,1H3,(H,12,13). The van der Waals surface area contributed by atoms with E-state index in [1.807, 2.05) is 0 Å². The van der Waals surface area contributed by atoms with Crippen LogP contribution in [-0.4, -0.2) is 22.0 Å². The zero-order chi connectivity index (χ0) is 11.3. The van der Waals surface area contributed by atoms with E-state index in [-0.39, 0.29) is 23.7 Å². The largest absolute Gasteiger partial charge is 0.284 e. The average molecular weight is 219 g/mol. The Balaban J connectivity index is 1.95. The summed E-state index contributed by atoms with van der Waals surface area (Å²) in [5, 5.41) is 6.40. The van der Waals surface area contributed by atoms with Crippen LogP contribution in [0.5, 0.6) is 0 Å². The SMILES string of the molecule is CC1CC2C(=O)N(c3cn[nH]c3)C(=O)C2C1. The molecule has 16 heavy (non-hydrogen) atoms. The van der Waals surface area contributed by atoms with Gasteiger partial charge in [0.25, 0.3) is 0 Å². The lowest BCUT2D eigenvalue weighted by Crippen LogP contribution is -2.31. The first-order valence-corrected chi connectivity index (χ1v) is 5.55. The van der Waals surface area contributed by atoms with E-state index in [1.54, 1.807) is 6.20 Å². The number of carbonyl (C=O) groups is 2. The van der Waals surface area contributed by atoms with Crippen molar-refractivity contribution < 1.29 is 9.59 Å². The quantitative estimate of drug-likeness (QED) is 0.715. The van der Waals surface area contributed by atoms with Gasteiger partial charge in [-0.2, -0.15) is 5.10 Å². The minimum absolute atomic E-state index is 0.0549. The fraction of sp³-hybridized carbons (Fsp3) is 0.545. The number of fused-ring (bicyclic) bond motifs is 1. The Labute approximate surface area is 92.8 Å². The average Bonchev–Trinajstić information content (AvgIpc) is 2.89. The maximum atomic E-state index is 12.1. The highest BCUT2D eigenvalue weighted by Gasteiger charge is 2.52. The molecular formula is C11H13N3O2. The lowest BCUT2D eigenvalue weighted by Gasteiger charge is -2.14. The molecule has 1 saturated heterocycles. The van der Waals surface area contributed by atoms with Gasteiger partial charge in [-0.25, -0.2) is 4.90 Å². The van der Waals surface area contributed by atoms with E-state index in [0.29, 0.717) is 11.6 Å². The first-order valence-electron chi connectivity index (χ1n) is 5.55. The molecule has 2 amide bonds. The zero-order valence-corrected chi connectivity index (χ0v) is 9.01. The number of anilines is 1. The molecule has 1 saturated carbocycles. The van der Waals surface area contributed by atoms with E-state index >= 15 is 0 Å². The molecule has 2 heterocycles. The first-order chi connectivity index (χ1) is 7.68. The molecule has 0 radical (unpaired) electrons. The van der Waals surface area contributed by atoms with Gasteiger partial charge in [0.2, 0.25) is 11.8 Å². The van der Waals surface area contributed by atoms with Crippen LogP contribution in [0.3, 0.4) is 0 Å². The van der Waals surface area contributed by atoms with Crippen LogP contribution in [-0.2, 0) is 9.59 Å². The number of aromatic amines is 1. The van der Waals surface area contributed by atoms with Crippen LogP contribution in [0, 0.1) is 17.8 Å². The van der Waals surface area contributed by atoms with Crippen LogP contribution in [0.25, 0.3) is 0 Å². The summed E-state index contributed by atoms with van der Waals surface area (Å²) in [5.74, 6) is 0.172. The molecular weight excluding hydrogens is 206 g/mol. The molecule has 0 aromatic carbocycles. The highest BCUT2D eigenvalue weighted by atomic mass is 16.2. The van der Waals surface area contributed by atoms with Crippen LogP contribution >= 0.6 is 0 Å². The molecule has 5 heteroatoms. The van der Waals surface area contributed by atoms with Gasteiger partial charge in [-0.15, -0.1) is 0 Å². The third-order valence-electron chi connectivity index (χ3n) is 3.62. The summed E-state index contributed by atoms with van der Waals surface area (Å²) >= 11 is 0. The van der Waals surface area contributed by atoms with Crippen molar-refractivity contribution >= 4 is 17.5 Å². The third kappa shape index (κ3) is 1.14. The van der Waals surface area contributed by atoms with Crippen molar-refractivity contribution in [3.63, 3.8) is 0 Å². The Morgan fingerprint density at radius 2 is 1.94 bits per heavy atom. The van der Waals surface area contributed by atoms with Crippen LogP contribution in [0.15, 0.2) is 12.4 Å². The van der Waals surface area contributed by atoms with Gasteiger partial charge < -0.3 is 0 Å². The number of nitrogens with one attached hydrogen (secondary N) is 1. The number of nitrogens with zero attached hydrogens (tertiary/aromatic N) is 2. The van der Waals surface area contributed by atoms with Crippen LogP contribution in [0.4, 0.5) is 5.69 Å². The second-order valence-corrected chi connectivity index (χ2v) is 4.76. The van der Waals surface area contributed by atoms with Crippen molar-refractivity contribution in [3.05, 3.63) is 12.4 Å². The van der Waals surface area contributed by atoms with E-state index in [9.17, 15) is 9.59 Å². The Morgan fingerprint density at radius 1 is 1.31 bits per heavy atom. The van der Waals surface area contributed by atoms with Crippen molar-refractivity contribution in [2.75, 3.05) is 4.90 Å². The van der Waals surface area contributed by atoms with Gasteiger partial charge in [-0.05, 0) is 18.8 Å². The number of rotatable bonds is 1. The van der Waals surface area contributed by atoms with Gasteiger partial charge in [-0.1, -0.05) is 6.92 Å². The van der Waals surface area contributed by atoms with Crippen molar-refractivity contribution in [2.24, 2.45) is 17.8 Å². The molecule has 2 unspecified atom stereocenters. The molecule has 2 atom stereocenters. The molecule has 0 spiro atoms. The smallest absolute Gasteiger partial charge is 0.237 e. The molecule has 2 aliphatic rings. The normalized spacial score (nSPS) is 33.6. The van der Waals surface area contributed by atoms with Gasteiger partial charge >= 0.3 is 0 Å². The molecule has 2 fully saturated rings. The monoisotopic (exact) mass is 219 g/mol. The minimum Gasteiger partial charge on any atom is -0.284 e. The van der Waals surface area contributed by atoms with Gasteiger partial charge in [0.05, 0.1) is 23.7 Å². The third-order valence-corrected chi connectivity index (χ3v) is 3.62. The van der Waals surface area contributed by atoms with Gasteiger partial charge in [-0.3, -0.25) is 14.7 Å². The predicted octanol–water partition coefficient (Wildman–Crippen LogP) is 0.945. The summed E-state index contributed by atoms with van der Waals surface area (Å²) in [6.07, 6.45) is 4.77. The predicted molar refractivity (Wildman–Crippen MR) is 56.5 cm³/mol. The van der Waals surface area contributed by atoms with Crippen LogP contribution < -0.4 is 4.90 Å². The summed E-state index contributed by atoms with van der Waals surface area (Å²) in [5.41, 5.74) is 0.567. The van der Waals surface area contributed by atoms with E-state index in [4.69, 9.17) is 0 Å². The number of carbonyl (C=O) groups excluding carboxylic acids is 2. The number of hydrogen-bond donors (Lipinski definition) is 1. The Hall–Kier alpha value is -1.65. The van der Waals surface area contributed by atoms with Crippen LogP contribution in [0.2, 0.25) is 0 Å². The molecule has 3 rings (SSSR count). The van der Waals surface area contributed by atoms with E-state index in [0.717, 1.165) is 12.8 Å². The molecule has 1 aliphatic heterocycles. The molecule has 5 nitrogen and oxygen atoms in total. The van der Waals surface area contributed by atoms with Crippen molar-refractivity contribution in [3.8, 4) is 0 Å². The topological polar surface area (TPSA) is 66.1 Å². The highest BCUT2D eigenvalue weighted by molar-refractivity contribution is 6.22. The first kappa shape index (κ1) is 9.57. The second-order valence-electron chi connectivity index (χ2n) is 4.76. The molecule has 0 bridgehead atoms. The Bertz CT molecular complexity index is 416. The maximum Gasteiger partial charge on any atom is 0.237 e. The molecule has 84 valence electrons. The summed E-state index contributed by atoms with van der Waals surface area (Å²) in [6, 6.07) is 0. The van der Waals surface area contributed by atoms with E-state index < -0.39 is 0 Å². The van der Waals surface area contributed by atoms with Gasteiger partial charge in [0.15, 0.2) is 0 Å². The molecule has 1 aromatic rings. The van der Waals surface area contributed by atoms with Crippen molar-refractivity contribution in [1.82, 2.24) is 10.2 Å². The number of hydrogen-bond acceptors (Lipinski definition) is 3.